The fourth-order valence-corrected chi connectivity index (χ4v) is 3.67. The first-order valence-corrected chi connectivity index (χ1v) is 7.70. The summed E-state index contributed by atoms with van der Waals surface area (Å²) in [6, 6.07) is 3.84. The Morgan fingerprint density at radius 1 is 1.48 bits per heavy atom. The highest BCUT2D eigenvalue weighted by Crippen LogP contribution is 2.35. The summed E-state index contributed by atoms with van der Waals surface area (Å²) in [4.78, 5) is 13.8. The maximum absolute atomic E-state index is 12.1. The summed E-state index contributed by atoms with van der Waals surface area (Å²) < 4.78 is 31.1. The molecule has 2 rings (SSSR count). The molecule has 0 atom stereocenters. The zero-order valence-electron chi connectivity index (χ0n) is 10.6. The number of sulfonamides is 1. The molecule has 0 saturated heterocycles. The molecule has 3 N–H and O–H groups in total. The number of pyridine rings is 1. The molecule has 0 aromatic carbocycles. The number of nitrogen functional groups attached to an aromatic ring is 1. The monoisotopic (exact) mass is 330 g/mol. The highest BCUT2D eigenvalue weighted by molar-refractivity contribution is 7.94. The average molecular weight is 330 g/mol. The van der Waals surface area contributed by atoms with E-state index >= 15 is 0 Å². The number of nitrogens with two attached hydrogens (primary N) is 1. The van der Waals surface area contributed by atoms with E-state index in [1.54, 1.807) is 0 Å². The van der Waals surface area contributed by atoms with Gasteiger partial charge in [-0.25, -0.2) is 13.4 Å². The van der Waals surface area contributed by atoms with Gasteiger partial charge in [-0.2, -0.15) is 0 Å². The van der Waals surface area contributed by atoms with Crippen molar-refractivity contribution >= 4 is 37.7 Å². The SMILES string of the molecule is COc1ccc(NS(=O)(=O)c2cc([N+](=O)[O-])c(N)s2)cn1. The van der Waals surface area contributed by atoms with Gasteiger partial charge in [0.05, 0.1) is 23.9 Å². The number of thiophene rings is 1. The van der Waals surface area contributed by atoms with Gasteiger partial charge in [0.2, 0.25) is 5.88 Å². The molecule has 112 valence electrons. The molecule has 11 heteroatoms. The largest absolute Gasteiger partial charge is 0.481 e. The first-order valence-electron chi connectivity index (χ1n) is 5.40. The molecule has 2 aromatic heterocycles. The Morgan fingerprint density at radius 2 is 2.19 bits per heavy atom. The molecule has 0 aliphatic carbocycles. The third-order valence-electron chi connectivity index (χ3n) is 2.38. The topological polar surface area (TPSA) is 137 Å². The van der Waals surface area contributed by atoms with Gasteiger partial charge in [-0.15, -0.1) is 0 Å². The normalized spacial score (nSPS) is 11.1. The van der Waals surface area contributed by atoms with Crippen LogP contribution in [0.5, 0.6) is 5.88 Å². The number of hydrogen-bond donors (Lipinski definition) is 2. The quantitative estimate of drug-likeness (QED) is 0.625. The maximum atomic E-state index is 12.1. The van der Waals surface area contributed by atoms with Crippen molar-refractivity contribution in [2.24, 2.45) is 0 Å². The Bertz CT molecular complexity index is 769. The van der Waals surface area contributed by atoms with Gasteiger partial charge in [0, 0.05) is 12.1 Å². The van der Waals surface area contributed by atoms with Gasteiger partial charge in [-0.3, -0.25) is 14.8 Å². The molecule has 0 fully saturated rings. The number of rotatable bonds is 5. The van der Waals surface area contributed by atoms with Gasteiger partial charge in [0.15, 0.2) is 5.00 Å². The summed E-state index contributed by atoms with van der Waals surface area (Å²) >= 11 is 0.617. The summed E-state index contributed by atoms with van der Waals surface area (Å²) in [6.45, 7) is 0. The van der Waals surface area contributed by atoms with E-state index < -0.39 is 20.6 Å². The number of hydrogen-bond acceptors (Lipinski definition) is 8. The minimum Gasteiger partial charge on any atom is -0.481 e. The van der Waals surface area contributed by atoms with E-state index in [0.29, 0.717) is 17.2 Å². The minimum absolute atomic E-state index is 0.173. The Morgan fingerprint density at radius 3 is 2.67 bits per heavy atom. The summed E-state index contributed by atoms with van der Waals surface area (Å²) in [5.41, 5.74) is 5.19. The van der Waals surface area contributed by atoms with Gasteiger partial charge in [-0.05, 0) is 6.07 Å². The van der Waals surface area contributed by atoms with Crippen molar-refractivity contribution < 1.29 is 18.1 Å². The molecule has 2 heterocycles. The first kappa shape index (κ1) is 15.0. The van der Waals surface area contributed by atoms with Crippen molar-refractivity contribution in [1.82, 2.24) is 4.98 Å². The Hall–Kier alpha value is -2.40. The van der Waals surface area contributed by atoms with Crippen molar-refractivity contribution in [2.75, 3.05) is 17.6 Å². The van der Waals surface area contributed by atoms with Crippen LogP contribution in [0.3, 0.4) is 0 Å². The molecule has 0 bridgehead atoms. The lowest BCUT2D eigenvalue weighted by Gasteiger charge is -2.05. The lowest BCUT2D eigenvalue weighted by Crippen LogP contribution is -2.11. The third kappa shape index (κ3) is 3.20. The molecule has 0 aliphatic rings. The van der Waals surface area contributed by atoms with E-state index in [-0.39, 0.29) is 14.9 Å². The summed E-state index contributed by atoms with van der Waals surface area (Å²) in [7, 11) is -2.53. The Labute approximate surface area is 123 Å². The minimum atomic E-state index is -3.96. The van der Waals surface area contributed by atoms with Crippen molar-refractivity contribution in [3.63, 3.8) is 0 Å². The number of nitrogens with one attached hydrogen (secondary N) is 1. The molecular weight excluding hydrogens is 320 g/mol. The van der Waals surface area contributed by atoms with Crippen molar-refractivity contribution in [3.8, 4) is 5.88 Å². The molecule has 0 aliphatic heterocycles. The number of nitro groups is 1. The van der Waals surface area contributed by atoms with Crippen molar-refractivity contribution in [3.05, 3.63) is 34.5 Å². The summed E-state index contributed by atoms with van der Waals surface area (Å²) in [5.74, 6) is 0.328. The van der Waals surface area contributed by atoms with Crippen LogP contribution in [0.2, 0.25) is 0 Å². The zero-order chi connectivity index (χ0) is 15.6. The molecule has 0 saturated carbocycles. The number of methoxy groups -OCH3 is 1. The van der Waals surface area contributed by atoms with E-state index in [0.717, 1.165) is 6.07 Å². The van der Waals surface area contributed by atoms with E-state index in [1.165, 1.54) is 25.4 Å². The second-order valence-corrected chi connectivity index (χ2v) is 6.76. The molecule has 0 radical (unpaired) electrons. The Balaban J connectivity index is 2.29. The molecule has 2 aromatic rings. The third-order valence-corrected chi connectivity index (χ3v) is 5.19. The summed E-state index contributed by atoms with van der Waals surface area (Å²) in [5, 5.41) is 10.5. The Kier molecular flexibility index (Phi) is 3.95. The van der Waals surface area contributed by atoms with Gasteiger partial charge in [0.1, 0.15) is 4.21 Å². The van der Waals surface area contributed by atoms with Crippen LogP contribution in [-0.2, 0) is 10.0 Å². The standard InChI is InChI=1S/C10H10N4O5S2/c1-19-8-3-2-6(5-12-8)13-21(17,18)9-4-7(14(15)16)10(11)20-9/h2-5,13H,11H2,1H3. The predicted octanol–water partition coefficient (Wildman–Crippen LogP) is 1.44. The lowest BCUT2D eigenvalue weighted by molar-refractivity contribution is -0.383. The fourth-order valence-electron chi connectivity index (χ4n) is 1.41. The van der Waals surface area contributed by atoms with Gasteiger partial charge in [-0.1, -0.05) is 11.3 Å². The second kappa shape index (κ2) is 5.54. The van der Waals surface area contributed by atoms with E-state index in [9.17, 15) is 18.5 Å². The van der Waals surface area contributed by atoms with Crippen LogP contribution >= 0.6 is 11.3 Å². The highest BCUT2D eigenvalue weighted by Gasteiger charge is 2.24. The molecule has 21 heavy (non-hydrogen) atoms. The van der Waals surface area contributed by atoms with Crippen molar-refractivity contribution in [1.29, 1.82) is 0 Å². The molecular formula is C10H10N4O5S2. The highest BCUT2D eigenvalue weighted by atomic mass is 32.2. The fraction of sp³-hybridized carbons (Fsp3) is 0.100. The number of aromatic nitrogens is 1. The van der Waals surface area contributed by atoms with Gasteiger partial charge in [0.25, 0.3) is 10.0 Å². The molecule has 0 spiro atoms. The zero-order valence-corrected chi connectivity index (χ0v) is 12.3. The van der Waals surface area contributed by atoms with Gasteiger partial charge < -0.3 is 10.5 Å². The molecule has 0 amide bonds. The second-order valence-electron chi connectivity index (χ2n) is 3.77. The lowest BCUT2D eigenvalue weighted by atomic mass is 10.4. The van der Waals surface area contributed by atoms with Crippen LogP contribution in [0.1, 0.15) is 0 Å². The van der Waals surface area contributed by atoms with Crippen LogP contribution in [0.15, 0.2) is 28.6 Å². The van der Waals surface area contributed by atoms with E-state index in [1.807, 2.05) is 0 Å². The molecule has 0 unspecified atom stereocenters. The van der Waals surface area contributed by atoms with Crippen LogP contribution in [0, 0.1) is 10.1 Å². The van der Waals surface area contributed by atoms with Gasteiger partial charge >= 0.3 is 5.69 Å². The number of anilines is 2. The van der Waals surface area contributed by atoms with Crippen LogP contribution < -0.4 is 15.2 Å². The van der Waals surface area contributed by atoms with E-state index in [2.05, 4.69) is 9.71 Å². The number of nitrogens with zero attached hydrogens (tertiary/aromatic N) is 2. The summed E-state index contributed by atoms with van der Waals surface area (Å²) in [6.07, 6.45) is 1.27. The smallest absolute Gasteiger partial charge is 0.304 e. The maximum Gasteiger partial charge on any atom is 0.304 e. The average Bonchev–Trinajstić information content (AvgIpc) is 2.82. The van der Waals surface area contributed by atoms with Crippen LogP contribution in [0.4, 0.5) is 16.4 Å². The van der Waals surface area contributed by atoms with Crippen molar-refractivity contribution in [2.45, 2.75) is 4.21 Å². The first-order chi connectivity index (χ1) is 9.83. The van der Waals surface area contributed by atoms with Crippen LogP contribution in [-0.4, -0.2) is 25.4 Å². The van der Waals surface area contributed by atoms with Crippen LogP contribution in [0.25, 0.3) is 0 Å². The molecule has 9 nitrogen and oxygen atoms in total. The predicted molar refractivity (Wildman–Crippen MR) is 77.0 cm³/mol. The van der Waals surface area contributed by atoms with E-state index in [4.69, 9.17) is 10.5 Å². The number of ether oxygens (including phenoxy) is 1.